The van der Waals surface area contributed by atoms with Crippen LogP contribution in [0.15, 0.2) is 22.7 Å². The first-order valence-electron chi connectivity index (χ1n) is 6.57. The summed E-state index contributed by atoms with van der Waals surface area (Å²) >= 11 is 13.4. The summed E-state index contributed by atoms with van der Waals surface area (Å²) in [6.45, 7) is 3.53. The topological polar surface area (TPSA) is 68.0 Å². The maximum absolute atomic E-state index is 11.9. The van der Waals surface area contributed by atoms with Crippen LogP contribution in [0.25, 0.3) is 0 Å². The minimum Gasteiger partial charge on any atom is -0.344 e. The Labute approximate surface area is 142 Å². The lowest BCUT2D eigenvalue weighted by Gasteiger charge is -2.10. The fourth-order valence-corrected chi connectivity index (χ4v) is 3.12. The van der Waals surface area contributed by atoms with Crippen molar-refractivity contribution in [2.24, 2.45) is 0 Å². The van der Waals surface area contributed by atoms with Crippen LogP contribution in [0.1, 0.15) is 30.2 Å². The average Bonchev–Trinajstić information content (AvgIpc) is 2.88. The molecule has 0 spiro atoms. The molecule has 8 heteroatoms. The zero-order chi connectivity index (χ0) is 16.1. The van der Waals surface area contributed by atoms with Crippen molar-refractivity contribution in [2.45, 2.75) is 25.6 Å². The third kappa shape index (κ3) is 4.90. The predicted molar refractivity (Wildman–Crippen MR) is 88.2 cm³/mol. The van der Waals surface area contributed by atoms with Crippen LogP contribution in [0.4, 0.5) is 0 Å². The number of amides is 1. The van der Waals surface area contributed by atoms with Crippen molar-refractivity contribution in [3.05, 3.63) is 45.5 Å². The van der Waals surface area contributed by atoms with Crippen LogP contribution in [0.3, 0.4) is 0 Å². The Bertz CT molecular complexity index is 663. The molecular formula is C14H15Cl2N3O2S. The van der Waals surface area contributed by atoms with E-state index in [9.17, 15) is 4.79 Å². The van der Waals surface area contributed by atoms with E-state index >= 15 is 0 Å². The molecule has 1 aromatic heterocycles. The molecule has 0 radical (unpaired) electrons. The average molecular weight is 360 g/mol. The summed E-state index contributed by atoms with van der Waals surface area (Å²) in [6.07, 6.45) is 0. The molecule has 118 valence electrons. The van der Waals surface area contributed by atoms with Gasteiger partial charge in [0, 0.05) is 15.8 Å². The predicted octanol–water partition coefficient (Wildman–Crippen LogP) is 3.80. The van der Waals surface area contributed by atoms with E-state index in [-0.39, 0.29) is 11.9 Å². The van der Waals surface area contributed by atoms with Crippen molar-refractivity contribution in [3.63, 3.8) is 0 Å². The lowest BCUT2D eigenvalue weighted by molar-refractivity contribution is -0.119. The summed E-state index contributed by atoms with van der Waals surface area (Å²) in [7, 11) is 0. The number of carbonyl (C=O) groups is 1. The Morgan fingerprint density at radius 2 is 2.23 bits per heavy atom. The Hall–Kier alpha value is -1.24. The molecule has 2 aromatic rings. The first-order chi connectivity index (χ1) is 10.5. The van der Waals surface area contributed by atoms with Gasteiger partial charge in [0.15, 0.2) is 5.82 Å². The van der Waals surface area contributed by atoms with Gasteiger partial charge in [-0.05, 0) is 31.5 Å². The second kappa shape index (κ2) is 7.85. The number of benzene rings is 1. The number of nitrogens with one attached hydrogen (secondary N) is 1. The monoisotopic (exact) mass is 359 g/mol. The van der Waals surface area contributed by atoms with Crippen molar-refractivity contribution >= 4 is 40.9 Å². The Balaban J connectivity index is 1.78. The van der Waals surface area contributed by atoms with E-state index in [2.05, 4.69) is 15.5 Å². The summed E-state index contributed by atoms with van der Waals surface area (Å²) in [5, 5.41) is 7.71. The number of hydrogen-bond donors (Lipinski definition) is 1. The van der Waals surface area contributed by atoms with E-state index in [0.29, 0.717) is 33.3 Å². The van der Waals surface area contributed by atoms with E-state index < -0.39 is 0 Å². The zero-order valence-electron chi connectivity index (χ0n) is 12.1. The molecule has 1 N–H and O–H groups in total. The van der Waals surface area contributed by atoms with Crippen LogP contribution in [0.5, 0.6) is 0 Å². The minimum atomic E-state index is -0.312. The van der Waals surface area contributed by atoms with E-state index in [4.69, 9.17) is 27.7 Å². The number of rotatable bonds is 6. The third-order valence-electron chi connectivity index (χ3n) is 2.80. The minimum absolute atomic E-state index is 0.0987. The number of aromatic nitrogens is 2. The van der Waals surface area contributed by atoms with Crippen LogP contribution in [-0.4, -0.2) is 21.8 Å². The number of thioether (sulfide) groups is 1. The molecule has 0 saturated carbocycles. The zero-order valence-corrected chi connectivity index (χ0v) is 14.4. The SMILES string of the molecule is Cc1noc(C(C)NC(=O)CSCc2ccc(Cl)cc2Cl)n1. The fraction of sp³-hybridized carbons (Fsp3) is 0.357. The molecule has 0 fully saturated rings. The smallest absolute Gasteiger partial charge is 0.248 e. The van der Waals surface area contributed by atoms with Gasteiger partial charge in [-0.2, -0.15) is 4.98 Å². The van der Waals surface area contributed by atoms with E-state index in [1.54, 1.807) is 26.0 Å². The molecule has 1 heterocycles. The second-order valence-corrected chi connectivity index (χ2v) is 6.53. The lowest BCUT2D eigenvalue weighted by atomic mass is 10.2. The van der Waals surface area contributed by atoms with Crippen molar-refractivity contribution < 1.29 is 9.32 Å². The number of halogens is 2. The highest BCUT2D eigenvalue weighted by Crippen LogP contribution is 2.24. The Kier molecular flexibility index (Phi) is 6.11. The molecule has 0 aliphatic rings. The van der Waals surface area contributed by atoms with Gasteiger partial charge in [-0.15, -0.1) is 11.8 Å². The molecule has 1 aromatic carbocycles. The van der Waals surface area contributed by atoms with Crippen LogP contribution in [-0.2, 0) is 10.5 Å². The van der Waals surface area contributed by atoms with Crippen LogP contribution in [0.2, 0.25) is 10.0 Å². The molecule has 5 nitrogen and oxygen atoms in total. The van der Waals surface area contributed by atoms with E-state index in [0.717, 1.165) is 5.56 Å². The normalized spacial score (nSPS) is 12.2. The standard InChI is InChI=1S/C14H15Cl2N3O2S/c1-8(14-18-9(2)19-21-14)17-13(20)7-22-6-10-3-4-11(15)5-12(10)16/h3-5,8H,6-7H2,1-2H3,(H,17,20). The molecule has 22 heavy (non-hydrogen) atoms. The van der Waals surface area contributed by atoms with Crippen molar-refractivity contribution in [3.8, 4) is 0 Å². The third-order valence-corrected chi connectivity index (χ3v) is 4.37. The van der Waals surface area contributed by atoms with Gasteiger partial charge in [-0.3, -0.25) is 4.79 Å². The molecule has 1 atom stereocenters. The van der Waals surface area contributed by atoms with E-state index in [1.165, 1.54) is 11.8 Å². The summed E-state index contributed by atoms with van der Waals surface area (Å²) in [5.41, 5.74) is 0.949. The van der Waals surface area contributed by atoms with Gasteiger partial charge in [0.1, 0.15) is 6.04 Å². The fourth-order valence-electron chi connectivity index (χ4n) is 1.73. The molecule has 0 bridgehead atoms. The molecule has 1 amide bonds. The van der Waals surface area contributed by atoms with Gasteiger partial charge in [0.05, 0.1) is 5.75 Å². The maximum atomic E-state index is 11.9. The highest BCUT2D eigenvalue weighted by atomic mass is 35.5. The molecule has 0 aliphatic heterocycles. The van der Waals surface area contributed by atoms with Gasteiger partial charge in [0.2, 0.25) is 11.8 Å². The highest BCUT2D eigenvalue weighted by molar-refractivity contribution is 7.99. The largest absolute Gasteiger partial charge is 0.344 e. The van der Waals surface area contributed by atoms with Crippen LogP contribution >= 0.6 is 35.0 Å². The van der Waals surface area contributed by atoms with Crippen LogP contribution < -0.4 is 5.32 Å². The molecule has 1 unspecified atom stereocenters. The summed E-state index contributed by atoms with van der Waals surface area (Å²) in [6, 6.07) is 5.02. The molecular weight excluding hydrogens is 345 g/mol. The summed E-state index contributed by atoms with van der Waals surface area (Å²) in [4.78, 5) is 16.0. The molecule has 2 rings (SSSR count). The lowest BCUT2D eigenvalue weighted by Crippen LogP contribution is -2.28. The van der Waals surface area contributed by atoms with Crippen molar-refractivity contribution in [2.75, 3.05) is 5.75 Å². The summed E-state index contributed by atoms with van der Waals surface area (Å²) in [5.74, 6) is 1.80. The maximum Gasteiger partial charge on any atom is 0.248 e. The van der Waals surface area contributed by atoms with E-state index in [1.807, 2.05) is 6.07 Å². The van der Waals surface area contributed by atoms with Crippen molar-refractivity contribution in [1.29, 1.82) is 0 Å². The van der Waals surface area contributed by atoms with Gasteiger partial charge >= 0.3 is 0 Å². The van der Waals surface area contributed by atoms with Gasteiger partial charge in [-0.1, -0.05) is 34.4 Å². The quantitative estimate of drug-likeness (QED) is 0.849. The highest BCUT2D eigenvalue weighted by Gasteiger charge is 2.15. The molecule has 0 aliphatic carbocycles. The number of hydrogen-bond acceptors (Lipinski definition) is 5. The first kappa shape index (κ1) is 17.1. The second-order valence-electron chi connectivity index (χ2n) is 4.70. The van der Waals surface area contributed by atoms with Crippen LogP contribution in [0, 0.1) is 6.92 Å². The number of nitrogens with zero attached hydrogens (tertiary/aromatic N) is 2. The van der Waals surface area contributed by atoms with Gasteiger partial charge in [0.25, 0.3) is 0 Å². The summed E-state index contributed by atoms with van der Waals surface area (Å²) < 4.78 is 5.02. The van der Waals surface area contributed by atoms with Gasteiger partial charge in [-0.25, -0.2) is 0 Å². The van der Waals surface area contributed by atoms with Gasteiger partial charge < -0.3 is 9.84 Å². The number of aryl methyl sites for hydroxylation is 1. The Morgan fingerprint density at radius 3 is 2.86 bits per heavy atom. The first-order valence-corrected chi connectivity index (χ1v) is 8.48. The van der Waals surface area contributed by atoms with Crippen molar-refractivity contribution in [1.82, 2.24) is 15.5 Å². The number of carbonyl (C=O) groups excluding carboxylic acids is 1. The Morgan fingerprint density at radius 1 is 1.45 bits per heavy atom. The molecule has 0 saturated heterocycles.